The number of ether oxygens (including phenoxy) is 1. The lowest BCUT2D eigenvalue weighted by Crippen LogP contribution is -2.26. The number of hydrogen-bond donors (Lipinski definition) is 1. The van der Waals surface area contributed by atoms with Gasteiger partial charge < -0.3 is 4.74 Å². The summed E-state index contributed by atoms with van der Waals surface area (Å²) in [6.07, 6.45) is 6.75. The fraction of sp³-hybridized carbons (Fsp3) is 0.364. The van der Waals surface area contributed by atoms with Gasteiger partial charge in [-0.25, -0.2) is 19.2 Å². The van der Waals surface area contributed by atoms with Crippen molar-refractivity contribution in [1.29, 1.82) is 0 Å². The maximum atomic E-state index is 13.3. The second-order valence-electron chi connectivity index (χ2n) is 8.06. The summed E-state index contributed by atoms with van der Waals surface area (Å²) in [4.78, 5) is 13.0. The topological polar surface area (TPSA) is 126 Å². The van der Waals surface area contributed by atoms with E-state index in [2.05, 4.69) is 35.0 Å². The van der Waals surface area contributed by atoms with Crippen molar-refractivity contribution in [3.8, 4) is 17.4 Å². The van der Waals surface area contributed by atoms with Crippen molar-refractivity contribution < 1.29 is 8.95 Å². The molecule has 4 aromatic rings. The van der Waals surface area contributed by atoms with Gasteiger partial charge in [0.25, 0.3) is 0 Å². The van der Waals surface area contributed by atoms with Crippen molar-refractivity contribution in [3.63, 3.8) is 0 Å². The van der Waals surface area contributed by atoms with E-state index in [-0.39, 0.29) is 17.2 Å². The summed E-state index contributed by atoms with van der Waals surface area (Å²) in [7, 11) is 1.87. The second-order valence-corrected chi connectivity index (χ2v) is 10.0. The maximum Gasteiger partial charge on any atom is 0.237 e. The third-order valence-electron chi connectivity index (χ3n) is 5.73. The lowest BCUT2D eigenvalue weighted by Gasteiger charge is -2.21. The van der Waals surface area contributed by atoms with E-state index in [1.807, 2.05) is 50.7 Å². The molecule has 184 valence electrons. The number of nitrogens with zero attached hydrogens (tertiary/aromatic N) is 8. The number of methoxy groups -OCH3 is 1. The van der Waals surface area contributed by atoms with Crippen molar-refractivity contribution in [2.24, 2.45) is 7.05 Å². The van der Waals surface area contributed by atoms with Crippen LogP contribution in [0.1, 0.15) is 44.1 Å². The number of anilines is 1. The minimum atomic E-state index is -1.53. The molecule has 13 heteroatoms. The number of aryl methyl sites for hydroxylation is 1. The van der Waals surface area contributed by atoms with E-state index >= 15 is 0 Å². The Kier molecular flexibility index (Phi) is 7.41. The zero-order valence-corrected chi connectivity index (χ0v) is 21.5. The predicted molar refractivity (Wildman–Crippen MR) is 134 cm³/mol. The summed E-state index contributed by atoms with van der Waals surface area (Å²) in [5, 5.41) is 13.1. The Balaban J connectivity index is 1.68. The van der Waals surface area contributed by atoms with Crippen molar-refractivity contribution in [1.82, 2.24) is 39.5 Å². The molecule has 4 aromatic heterocycles. The van der Waals surface area contributed by atoms with E-state index in [1.54, 1.807) is 24.1 Å². The van der Waals surface area contributed by atoms with Gasteiger partial charge in [-0.3, -0.25) is 14.0 Å². The summed E-state index contributed by atoms with van der Waals surface area (Å²) in [6, 6.07) is 5.18. The van der Waals surface area contributed by atoms with Gasteiger partial charge in [0.05, 0.1) is 29.6 Å². The number of pyridine rings is 1. The Labute approximate surface area is 210 Å². The van der Waals surface area contributed by atoms with Crippen LogP contribution in [-0.2, 0) is 18.0 Å². The normalized spacial score (nSPS) is 14.8. The first kappa shape index (κ1) is 24.7. The number of nitrogens with one attached hydrogen (secondary N) is 1. The number of halogens is 1. The Bertz CT molecular complexity index is 1320. The van der Waals surface area contributed by atoms with Crippen molar-refractivity contribution in [3.05, 3.63) is 59.4 Å². The highest BCUT2D eigenvalue weighted by Gasteiger charge is 2.27. The number of rotatable bonds is 9. The first-order valence-corrected chi connectivity index (χ1v) is 12.5. The molecule has 0 amide bonds. The minimum Gasteiger partial charge on any atom is -0.481 e. The SMILES string of the molecule is COc1cccc(-c2nnc(NS(=O)C(C)C(C)c3ncc(Cl)cn3)n2C(C)c2cnn(C)c2)n1. The Morgan fingerprint density at radius 3 is 2.51 bits per heavy atom. The van der Waals surface area contributed by atoms with Gasteiger partial charge in [0.1, 0.15) is 22.5 Å². The van der Waals surface area contributed by atoms with E-state index in [0.29, 0.717) is 34.2 Å². The third kappa shape index (κ3) is 5.33. The van der Waals surface area contributed by atoms with Crippen LogP contribution in [0, 0.1) is 0 Å². The Hall–Kier alpha value is -3.38. The highest BCUT2D eigenvalue weighted by Crippen LogP contribution is 2.30. The molecule has 1 N–H and O–H groups in total. The highest BCUT2D eigenvalue weighted by atomic mass is 35.5. The van der Waals surface area contributed by atoms with Crippen LogP contribution in [0.4, 0.5) is 5.95 Å². The summed E-state index contributed by atoms with van der Waals surface area (Å²) in [5.41, 5.74) is 1.50. The van der Waals surface area contributed by atoms with Gasteiger partial charge in [0.2, 0.25) is 11.8 Å². The van der Waals surface area contributed by atoms with Gasteiger partial charge in [0, 0.05) is 43.2 Å². The molecule has 4 rings (SSSR count). The molecule has 0 radical (unpaired) electrons. The molecule has 4 atom stereocenters. The van der Waals surface area contributed by atoms with E-state index in [0.717, 1.165) is 5.56 Å². The lowest BCUT2D eigenvalue weighted by atomic mass is 10.1. The van der Waals surface area contributed by atoms with Crippen LogP contribution in [0.5, 0.6) is 5.88 Å². The molecular weight excluding hydrogens is 490 g/mol. The van der Waals surface area contributed by atoms with Gasteiger partial charge in [-0.15, -0.1) is 10.2 Å². The number of aromatic nitrogens is 8. The quantitative estimate of drug-likeness (QED) is 0.359. The van der Waals surface area contributed by atoms with Crippen molar-refractivity contribution in [2.75, 3.05) is 11.8 Å². The smallest absolute Gasteiger partial charge is 0.237 e. The van der Waals surface area contributed by atoms with Crippen LogP contribution in [0.3, 0.4) is 0 Å². The standard InChI is InChI=1S/C22H26ClN9O2S/c1-13(20-24-10-17(23)11-25-20)15(3)35(33)30-22-29-28-21(18-7-6-8-19(27-18)34-5)32(22)14(2)16-9-26-31(4)12-16/h6-15H,1-5H3,(H,29,30). The molecule has 0 bridgehead atoms. The summed E-state index contributed by atoms with van der Waals surface area (Å²) in [5.74, 6) is 1.65. The van der Waals surface area contributed by atoms with Crippen LogP contribution in [0.15, 0.2) is 43.0 Å². The fourth-order valence-corrected chi connectivity index (χ4v) is 4.59. The molecule has 0 aliphatic heterocycles. The van der Waals surface area contributed by atoms with E-state index in [4.69, 9.17) is 16.3 Å². The molecule has 0 saturated carbocycles. The van der Waals surface area contributed by atoms with Crippen LogP contribution in [0.2, 0.25) is 5.02 Å². The van der Waals surface area contributed by atoms with Gasteiger partial charge in [-0.05, 0) is 19.9 Å². The monoisotopic (exact) mass is 515 g/mol. The Morgan fingerprint density at radius 2 is 1.86 bits per heavy atom. The average Bonchev–Trinajstić information content (AvgIpc) is 3.49. The van der Waals surface area contributed by atoms with E-state index in [1.165, 1.54) is 12.4 Å². The molecule has 0 spiro atoms. The van der Waals surface area contributed by atoms with Gasteiger partial charge in [-0.2, -0.15) is 5.10 Å². The fourth-order valence-electron chi connectivity index (χ4n) is 3.50. The molecular formula is C22H26ClN9O2S. The Morgan fingerprint density at radius 1 is 1.11 bits per heavy atom. The number of hydrogen-bond acceptors (Lipinski definition) is 8. The maximum absolute atomic E-state index is 13.3. The molecule has 0 fully saturated rings. The summed E-state index contributed by atoms with van der Waals surface area (Å²) in [6.45, 7) is 5.77. The van der Waals surface area contributed by atoms with Crippen LogP contribution in [0.25, 0.3) is 11.5 Å². The van der Waals surface area contributed by atoms with Gasteiger partial charge in [-0.1, -0.05) is 24.6 Å². The van der Waals surface area contributed by atoms with Crippen LogP contribution in [-0.4, -0.2) is 56.1 Å². The summed E-state index contributed by atoms with van der Waals surface area (Å²) >= 11 is 5.90. The molecule has 0 aliphatic rings. The van der Waals surface area contributed by atoms with Gasteiger partial charge >= 0.3 is 0 Å². The van der Waals surface area contributed by atoms with Crippen molar-refractivity contribution >= 4 is 28.5 Å². The predicted octanol–water partition coefficient (Wildman–Crippen LogP) is 3.40. The van der Waals surface area contributed by atoms with Crippen LogP contribution < -0.4 is 9.46 Å². The van der Waals surface area contributed by atoms with E-state index < -0.39 is 11.0 Å². The summed E-state index contributed by atoms with van der Waals surface area (Å²) < 4.78 is 25.2. The molecule has 11 nitrogen and oxygen atoms in total. The molecule has 0 aliphatic carbocycles. The largest absolute Gasteiger partial charge is 0.481 e. The third-order valence-corrected chi connectivity index (χ3v) is 7.40. The molecule has 0 saturated heterocycles. The van der Waals surface area contributed by atoms with E-state index in [9.17, 15) is 4.21 Å². The molecule has 0 aromatic carbocycles. The molecule has 4 unspecified atom stereocenters. The minimum absolute atomic E-state index is 0.202. The highest BCUT2D eigenvalue weighted by molar-refractivity contribution is 7.87. The van der Waals surface area contributed by atoms with Crippen molar-refractivity contribution in [2.45, 2.75) is 38.0 Å². The van der Waals surface area contributed by atoms with Gasteiger partial charge in [0.15, 0.2) is 5.82 Å². The zero-order valence-electron chi connectivity index (χ0n) is 20.0. The first-order chi connectivity index (χ1) is 16.8. The zero-order chi connectivity index (χ0) is 25.1. The second kappa shape index (κ2) is 10.5. The first-order valence-electron chi connectivity index (χ1n) is 10.9. The molecule has 35 heavy (non-hydrogen) atoms. The van der Waals surface area contributed by atoms with Crippen LogP contribution >= 0.6 is 11.6 Å². The molecule has 4 heterocycles. The average molecular weight is 516 g/mol. The lowest BCUT2D eigenvalue weighted by molar-refractivity contribution is 0.398.